The van der Waals surface area contributed by atoms with Crippen LogP contribution in [-0.4, -0.2) is 10.1 Å². The highest BCUT2D eigenvalue weighted by molar-refractivity contribution is 7.09. The summed E-state index contributed by atoms with van der Waals surface area (Å²) >= 11 is 1.60. The number of aromatic amines is 1. The highest BCUT2D eigenvalue weighted by atomic mass is 35.5. The van der Waals surface area contributed by atoms with Crippen LogP contribution in [0.3, 0.4) is 0 Å². The smallest absolute Gasteiger partial charge is 0.182 e. The standard InChI is InChI=1S/C18H14N2OS.ClH/c1-13-20-17(12-22-13)7-6-14-8-16(10-19-9-14)18-5-3-2-4-15(18)11-21;/h2-5,8-10,12,21H,11H2,1H3;1H. The molecule has 1 aromatic carbocycles. The van der Waals surface area contributed by atoms with Gasteiger partial charge in [-0.15, -0.1) is 11.3 Å². The molecule has 0 spiro atoms. The van der Waals surface area contributed by atoms with Gasteiger partial charge in [-0.3, -0.25) is 0 Å². The summed E-state index contributed by atoms with van der Waals surface area (Å²) in [5, 5.41) is 12.4. The average molecular weight is 343 g/mol. The Kier molecular flexibility index (Phi) is 5.89. The van der Waals surface area contributed by atoms with E-state index in [4.69, 9.17) is 0 Å². The molecule has 2 N–H and O–H groups in total. The molecule has 2 heterocycles. The highest BCUT2D eigenvalue weighted by Gasteiger charge is 2.07. The lowest BCUT2D eigenvalue weighted by molar-refractivity contribution is -0.377. The van der Waals surface area contributed by atoms with Gasteiger partial charge in [0, 0.05) is 10.9 Å². The van der Waals surface area contributed by atoms with Crippen molar-refractivity contribution in [3.63, 3.8) is 0 Å². The van der Waals surface area contributed by atoms with Crippen LogP contribution in [0.15, 0.2) is 48.1 Å². The molecule has 3 nitrogen and oxygen atoms in total. The summed E-state index contributed by atoms with van der Waals surface area (Å²) in [7, 11) is 0. The predicted molar refractivity (Wildman–Crippen MR) is 87.2 cm³/mol. The fraction of sp³-hybridized carbons (Fsp3) is 0.111. The van der Waals surface area contributed by atoms with Gasteiger partial charge in [0.05, 0.1) is 17.2 Å². The van der Waals surface area contributed by atoms with Crippen LogP contribution >= 0.6 is 11.3 Å². The van der Waals surface area contributed by atoms with Crippen molar-refractivity contribution in [2.24, 2.45) is 0 Å². The molecule has 0 atom stereocenters. The van der Waals surface area contributed by atoms with Crippen LogP contribution < -0.4 is 17.4 Å². The van der Waals surface area contributed by atoms with Gasteiger partial charge in [0.25, 0.3) is 0 Å². The van der Waals surface area contributed by atoms with Gasteiger partial charge in [-0.1, -0.05) is 30.2 Å². The normalized spacial score (nSPS) is 9.65. The number of nitrogens with one attached hydrogen (secondary N) is 1. The molecule has 3 aromatic rings. The fourth-order valence-corrected chi connectivity index (χ4v) is 2.74. The van der Waals surface area contributed by atoms with Crippen molar-refractivity contribution in [3.05, 3.63) is 69.9 Å². The molecule has 0 aliphatic heterocycles. The molecule has 0 saturated heterocycles. The lowest BCUT2D eigenvalue weighted by Crippen LogP contribution is -3.00. The summed E-state index contributed by atoms with van der Waals surface area (Å²) < 4.78 is 0. The molecule has 0 aliphatic rings. The monoisotopic (exact) mass is 342 g/mol. The molecule has 0 saturated carbocycles. The average Bonchev–Trinajstić information content (AvgIpc) is 2.98. The summed E-state index contributed by atoms with van der Waals surface area (Å²) in [5.74, 6) is 6.19. The van der Waals surface area contributed by atoms with E-state index in [2.05, 4.69) is 21.8 Å². The maximum Gasteiger partial charge on any atom is 0.182 e. The molecule has 116 valence electrons. The first-order chi connectivity index (χ1) is 10.8. The zero-order chi connectivity index (χ0) is 15.4. The van der Waals surface area contributed by atoms with Gasteiger partial charge >= 0.3 is 0 Å². The topological polar surface area (TPSA) is 47.3 Å². The lowest BCUT2D eigenvalue weighted by atomic mass is 10.0. The summed E-state index contributed by atoms with van der Waals surface area (Å²) in [6, 6.07) is 9.82. The zero-order valence-electron chi connectivity index (χ0n) is 12.5. The number of H-pyrrole nitrogens is 1. The van der Waals surface area contributed by atoms with E-state index < -0.39 is 0 Å². The van der Waals surface area contributed by atoms with Gasteiger partial charge in [0.2, 0.25) is 0 Å². The molecular weight excluding hydrogens is 328 g/mol. The van der Waals surface area contributed by atoms with E-state index in [0.29, 0.717) is 0 Å². The summed E-state index contributed by atoms with van der Waals surface area (Å²) in [5.41, 5.74) is 4.59. The fourth-order valence-electron chi connectivity index (χ4n) is 2.20. The Hall–Kier alpha value is -2.19. The first kappa shape index (κ1) is 17.2. The number of nitrogens with zero attached hydrogens (tertiary/aromatic N) is 1. The van der Waals surface area contributed by atoms with E-state index in [1.54, 1.807) is 11.3 Å². The number of pyridine rings is 1. The van der Waals surface area contributed by atoms with Crippen LogP contribution in [0.2, 0.25) is 0 Å². The van der Waals surface area contributed by atoms with Gasteiger partial charge in [-0.25, -0.2) is 9.97 Å². The highest BCUT2D eigenvalue weighted by Crippen LogP contribution is 2.22. The maximum atomic E-state index is 9.46. The molecule has 5 heteroatoms. The zero-order valence-corrected chi connectivity index (χ0v) is 14.1. The first-order valence-electron chi connectivity index (χ1n) is 6.90. The minimum absolute atomic E-state index is 0. The summed E-state index contributed by atoms with van der Waals surface area (Å²) in [6.45, 7) is 1.99. The van der Waals surface area contributed by atoms with E-state index in [9.17, 15) is 5.11 Å². The largest absolute Gasteiger partial charge is 1.00 e. The van der Waals surface area contributed by atoms with Crippen molar-refractivity contribution in [2.45, 2.75) is 13.5 Å². The number of aliphatic hydroxyl groups excluding tert-OH is 1. The van der Waals surface area contributed by atoms with E-state index >= 15 is 0 Å². The second-order valence-corrected chi connectivity index (χ2v) is 5.89. The number of aromatic nitrogens is 2. The Morgan fingerprint density at radius 1 is 1.22 bits per heavy atom. The van der Waals surface area contributed by atoms with Gasteiger partial charge < -0.3 is 17.5 Å². The van der Waals surface area contributed by atoms with E-state index in [0.717, 1.165) is 33.0 Å². The SMILES string of the molecule is Cc1nc(C#Cc2c[nH+]cc(-c3ccccc3CO)c2)cs1.[Cl-]. The quantitative estimate of drug-likeness (QED) is 0.657. The molecule has 23 heavy (non-hydrogen) atoms. The van der Waals surface area contributed by atoms with Crippen molar-refractivity contribution in [2.75, 3.05) is 0 Å². The Bertz CT molecular complexity index is 864. The van der Waals surface area contributed by atoms with Gasteiger partial charge in [-0.05, 0) is 30.0 Å². The predicted octanol–water partition coefficient (Wildman–Crippen LogP) is -0.171. The number of hydrogen-bond donors (Lipinski definition) is 1. The van der Waals surface area contributed by atoms with Crippen LogP contribution in [0.1, 0.15) is 21.8 Å². The van der Waals surface area contributed by atoms with Crippen molar-refractivity contribution in [3.8, 4) is 23.0 Å². The summed E-state index contributed by atoms with van der Waals surface area (Å²) in [4.78, 5) is 7.45. The van der Waals surface area contributed by atoms with Crippen molar-refractivity contribution in [1.29, 1.82) is 0 Å². The molecule has 0 radical (unpaired) electrons. The Labute approximate surface area is 145 Å². The number of aryl methyl sites for hydroxylation is 1. The molecule has 2 aromatic heterocycles. The Balaban J connectivity index is 0.00000192. The van der Waals surface area contributed by atoms with Crippen LogP contribution in [-0.2, 0) is 6.61 Å². The van der Waals surface area contributed by atoms with E-state index in [1.807, 2.05) is 55.0 Å². The van der Waals surface area contributed by atoms with Crippen molar-refractivity contribution < 1.29 is 22.5 Å². The number of aliphatic hydroxyl groups is 1. The molecular formula is C18H15ClN2OS. The van der Waals surface area contributed by atoms with Gasteiger partial charge in [0.1, 0.15) is 5.69 Å². The van der Waals surface area contributed by atoms with Crippen LogP contribution in [0, 0.1) is 18.8 Å². The van der Waals surface area contributed by atoms with Crippen LogP contribution in [0.4, 0.5) is 0 Å². The molecule has 3 rings (SSSR count). The first-order valence-corrected chi connectivity index (χ1v) is 7.78. The molecule has 0 bridgehead atoms. The number of hydrogen-bond acceptors (Lipinski definition) is 3. The minimum atomic E-state index is 0. The Morgan fingerprint density at radius 2 is 2.04 bits per heavy atom. The molecule has 0 unspecified atom stereocenters. The number of benzene rings is 1. The van der Waals surface area contributed by atoms with Crippen molar-refractivity contribution in [1.82, 2.24) is 4.98 Å². The minimum Gasteiger partial charge on any atom is -1.00 e. The summed E-state index contributed by atoms with van der Waals surface area (Å²) in [6.07, 6.45) is 3.77. The van der Waals surface area contributed by atoms with Gasteiger partial charge in [0.15, 0.2) is 12.4 Å². The van der Waals surface area contributed by atoms with E-state index in [1.165, 1.54) is 0 Å². The molecule has 0 aliphatic carbocycles. The third kappa shape index (κ3) is 4.17. The number of rotatable bonds is 2. The number of thiazole rings is 1. The molecule has 0 fully saturated rings. The van der Waals surface area contributed by atoms with Crippen molar-refractivity contribution >= 4 is 11.3 Å². The second kappa shape index (κ2) is 7.89. The maximum absolute atomic E-state index is 9.46. The van der Waals surface area contributed by atoms with Gasteiger partial charge in [-0.2, -0.15) is 0 Å². The number of halogens is 1. The lowest BCUT2D eigenvalue weighted by Gasteiger charge is -2.05. The third-order valence-electron chi connectivity index (χ3n) is 3.24. The van der Waals surface area contributed by atoms with Crippen LogP contribution in [0.5, 0.6) is 0 Å². The molecule has 0 amide bonds. The van der Waals surface area contributed by atoms with E-state index in [-0.39, 0.29) is 19.0 Å². The second-order valence-electron chi connectivity index (χ2n) is 4.83. The Morgan fingerprint density at radius 3 is 2.78 bits per heavy atom. The van der Waals surface area contributed by atoms with Crippen LogP contribution in [0.25, 0.3) is 11.1 Å². The third-order valence-corrected chi connectivity index (χ3v) is 4.01.